The van der Waals surface area contributed by atoms with E-state index in [-0.39, 0.29) is 6.04 Å². The highest BCUT2D eigenvalue weighted by molar-refractivity contribution is 5.83. The number of nitrogens with zero attached hydrogens (tertiary/aromatic N) is 1. The number of Topliss-reactive ketones (excluding diaryl/α,β-unsaturated/α-hetero) is 1. The lowest BCUT2D eigenvalue weighted by Crippen LogP contribution is -2.42. The van der Waals surface area contributed by atoms with Crippen molar-refractivity contribution in [1.29, 1.82) is 0 Å². The standard InChI is InChI=1S/C10H21NO/c1-6-10(12)9(5)11(7-2)8(3)4/h8-9H,6-7H2,1-5H3. The minimum absolute atomic E-state index is 0.0833. The predicted octanol–water partition coefficient (Wildman–Crippen LogP) is 2.08. The lowest BCUT2D eigenvalue weighted by Gasteiger charge is -2.30. The number of carbonyl (C=O) groups is 1. The molecule has 0 aliphatic heterocycles. The molecule has 2 nitrogen and oxygen atoms in total. The summed E-state index contributed by atoms with van der Waals surface area (Å²) in [7, 11) is 0. The van der Waals surface area contributed by atoms with Crippen molar-refractivity contribution in [3.63, 3.8) is 0 Å². The van der Waals surface area contributed by atoms with Gasteiger partial charge in [-0.05, 0) is 27.3 Å². The van der Waals surface area contributed by atoms with Crippen LogP contribution in [0.25, 0.3) is 0 Å². The topological polar surface area (TPSA) is 20.3 Å². The molecule has 1 atom stereocenters. The van der Waals surface area contributed by atoms with E-state index in [1.54, 1.807) is 0 Å². The zero-order chi connectivity index (χ0) is 9.72. The van der Waals surface area contributed by atoms with Crippen molar-refractivity contribution in [2.24, 2.45) is 0 Å². The van der Waals surface area contributed by atoms with Crippen LogP contribution in [-0.2, 0) is 4.79 Å². The number of hydrogen-bond donors (Lipinski definition) is 0. The Hall–Kier alpha value is -0.370. The molecule has 0 rings (SSSR count). The van der Waals surface area contributed by atoms with Crippen molar-refractivity contribution >= 4 is 5.78 Å². The van der Waals surface area contributed by atoms with Gasteiger partial charge in [0.1, 0.15) is 5.78 Å². The Labute approximate surface area is 75.9 Å². The van der Waals surface area contributed by atoms with Crippen molar-refractivity contribution in [2.75, 3.05) is 6.54 Å². The van der Waals surface area contributed by atoms with E-state index in [1.165, 1.54) is 0 Å². The van der Waals surface area contributed by atoms with Crippen LogP contribution in [0.4, 0.5) is 0 Å². The molecule has 72 valence electrons. The number of ketones is 1. The smallest absolute Gasteiger partial charge is 0.149 e. The van der Waals surface area contributed by atoms with Gasteiger partial charge in [0.05, 0.1) is 6.04 Å². The molecule has 0 aromatic carbocycles. The maximum atomic E-state index is 11.4. The molecule has 0 saturated carbocycles. The van der Waals surface area contributed by atoms with Gasteiger partial charge in [-0.15, -0.1) is 0 Å². The molecule has 2 heteroatoms. The lowest BCUT2D eigenvalue weighted by atomic mass is 10.1. The van der Waals surface area contributed by atoms with Crippen LogP contribution in [0.5, 0.6) is 0 Å². The van der Waals surface area contributed by atoms with Crippen molar-refractivity contribution in [3.05, 3.63) is 0 Å². The molecule has 0 aromatic rings. The second-order valence-electron chi connectivity index (χ2n) is 3.42. The maximum absolute atomic E-state index is 11.4. The Bertz CT molecular complexity index is 143. The first-order chi connectivity index (χ1) is 5.54. The Kier molecular flexibility index (Phi) is 5.14. The summed E-state index contributed by atoms with van der Waals surface area (Å²) in [5.41, 5.74) is 0. The number of likely N-dealkylation sites (N-methyl/N-ethyl adjacent to an activating group) is 1. The van der Waals surface area contributed by atoms with E-state index < -0.39 is 0 Å². The summed E-state index contributed by atoms with van der Waals surface area (Å²) in [6.07, 6.45) is 0.643. The quantitative estimate of drug-likeness (QED) is 0.631. The molecule has 0 fully saturated rings. The normalized spacial score (nSPS) is 13.9. The van der Waals surface area contributed by atoms with Crippen LogP contribution in [0.1, 0.15) is 41.0 Å². The van der Waals surface area contributed by atoms with Crippen LogP contribution in [0.15, 0.2) is 0 Å². The maximum Gasteiger partial charge on any atom is 0.149 e. The summed E-state index contributed by atoms with van der Waals surface area (Å²) in [5.74, 6) is 0.338. The fourth-order valence-electron chi connectivity index (χ4n) is 1.57. The highest BCUT2D eigenvalue weighted by atomic mass is 16.1. The third-order valence-electron chi connectivity index (χ3n) is 2.34. The van der Waals surface area contributed by atoms with Gasteiger partial charge in [0, 0.05) is 12.5 Å². The predicted molar refractivity (Wildman–Crippen MR) is 52.3 cm³/mol. The van der Waals surface area contributed by atoms with Gasteiger partial charge in [-0.2, -0.15) is 0 Å². The lowest BCUT2D eigenvalue weighted by molar-refractivity contribution is -0.124. The third-order valence-corrected chi connectivity index (χ3v) is 2.34. The van der Waals surface area contributed by atoms with Crippen LogP contribution < -0.4 is 0 Å². The second kappa shape index (κ2) is 5.31. The molecule has 0 aromatic heterocycles. The molecule has 0 saturated heterocycles. The van der Waals surface area contributed by atoms with Gasteiger partial charge in [0.25, 0.3) is 0 Å². The highest BCUT2D eigenvalue weighted by Gasteiger charge is 2.19. The van der Waals surface area contributed by atoms with E-state index in [1.807, 2.05) is 13.8 Å². The van der Waals surface area contributed by atoms with Crippen LogP contribution in [0, 0.1) is 0 Å². The SMILES string of the molecule is CCC(=O)C(C)N(CC)C(C)C. The van der Waals surface area contributed by atoms with Gasteiger partial charge in [-0.1, -0.05) is 13.8 Å². The van der Waals surface area contributed by atoms with Crippen LogP contribution in [0.2, 0.25) is 0 Å². The molecule has 0 amide bonds. The van der Waals surface area contributed by atoms with Crippen LogP contribution in [0.3, 0.4) is 0 Å². The molecule has 0 aliphatic rings. The average molecular weight is 171 g/mol. The van der Waals surface area contributed by atoms with Gasteiger partial charge >= 0.3 is 0 Å². The van der Waals surface area contributed by atoms with Crippen molar-refractivity contribution in [2.45, 2.75) is 53.1 Å². The first kappa shape index (κ1) is 11.6. The summed E-state index contributed by atoms with van der Waals surface area (Å²) >= 11 is 0. The molecule has 0 aliphatic carbocycles. The Balaban J connectivity index is 4.20. The summed E-state index contributed by atoms with van der Waals surface area (Å²) in [6.45, 7) is 11.2. The average Bonchev–Trinajstić information content (AvgIpc) is 2.03. The fraction of sp³-hybridized carbons (Fsp3) is 0.900. The van der Waals surface area contributed by atoms with Gasteiger partial charge in [-0.3, -0.25) is 9.69 Å². The van der Waals surface area contributed by atoms with Gasteiger partial charge < -0.3 is 0 Å². The van der Waals surface area contributed by atoms with Gasteiger partial charge in [0.15, 0.2) is 0 Å². The summed E-state index contributed by atoms with van der Waals surface area (Å²) in [4.78, 5) is 13.6. The second-order valence-corrected chi connectivity index (χ2v) is 3.42. The van der Waals surface area contributed by atoms with Crippen LogP contribution >= 0.6 is 0 Å². The molecule has 12 heavy (non-hydrogen) atoms. The number of rotatable bonds is 5. The molecule has 0 N–H and O–H groups in total. The summed E-state index contributed by atoms with van der Waals surface area (Å²) < 4.78 is 0. The third kappa shape index (κ3) is 2.94. The van der Waals surface area contributed by atoms with Crippen LogP contribution in [-0.4, -0.2) is 29.3 Å². The van der Waals surface area contributed by atoms with E-state index in [0.717, 1.165) is 6.54 Å². The van der Waals surface area contributed by atoms with E-state index in [9.17, 15) is 4.79 Å². The minimum Gasteiger partial charge on any atom is -0.298 e. The molecule has 0 spiro atoms. The zero-order valence-electron chi connectivity index (χ0n) is 8.92. The zero-order valence-corrected chi connectivity index (χ0v) is 8.92. The Morgan fingerprint density at radius 1 is 1.25 bits per heavy atom. The van der Waals surface area contributed by atoms with E-state index in [0.29, 0.717) is 18.2 Å². The first-order valence-corrected chi connectivity index (χ1v) is 4.83. The number of carbonyl (C=O) groups excluding carboxylic acids is 1. The molecule has 0 bridgehead atoms. The molecule has 0 heterocycles. The van der Waals surface area contributed by atoms with Crippen molar-refractivity contribution in [1.82, 2.24) is 4.90 Å². The first-order valence-electron chi connectivity index (χ1n) is 4.83. The van der Waals surface area contributed by atoms with E-state index >= 15 is 0 Å². The monoisotopic (exact) mass is 171 g/mol. The number of hydrogen-bond acceptors (Lipinski definition) is 2. The highest BCUT2D eigenvalue weighted by Crippen LogP contribution is 2.06. The van der Waals surface area contributed by atoms with E-state index in [2.05, 4.69) is 25.7 Å². The molecular weight excluding hydrogens is 150 g/mol. The van der Waals surface area contributed by atoms with Crippen molar-refractivity contribution < 1.29 is 4.79 Å². The summed E-state index contributed by atoms with van der Waals surface area (Å²) in [6, 6.07) is 0.542. The van der Waals surface area contributed by atoms with Crippen molar-refractivity contribution in [3.8, 4) is 0 Å². The summed E-state index contributed by atoms with van der Waals surface area (Å²) in [5, 5.41) is 0. The minimum atomic E-state index is 0.0833. The van der Waals surface area contributed by atoms with Gasteiger partial charge in [-0.25, -0.2) is 0 Å². The Morgan fingerprint density at radius 3 is 2.00 bits per heavy atom. The van der Waals surface area contributed by atoms with Gasteiger partial charge in [0.2, 0.25) is 0 Å². The fourth-order valence-corrected chi connectivity index (χ4v) is 1.57. The molecular formula is C10H21NO. The van der Waals surface area contributed by atoms with E-state index in [4.69, 9.17) is 0 Å². The molecule has 1 unspecified atom stereocenters. The Morgan fingerprint density at radius 2 is 1.75 bits per heavy atom. The molecule has 0 radical (unpaired) electrons. The largest absolute Gasteiger partial charge is 0.298 e.